The van der Waals surface area contributed by atoms with Gasteiger partial charge in [-0.3, -0.25) is 0 Å². The molecular formula is C24H21ClN2O2. The fourth-order valence-corrected chi connectivity index (χ4v) is 3.77. The predicted octanol–water partition coefficient (Wildman–Crippen LogP) is 5.47. The fourth-order valence-electron chi connectivity index (χ4n) is 3.65. The summed E-state index contributed by atoms with van der Waals surface area (Å²) >= 11 is 5.91. The molecule has 5 heteroatoms. The Hall–Kier alpha value is -3.24. The minimum absolute atomic E-state index is 0.0562. The summed E-state index contributed by atoms with van der Waals surface area (Å²) in [4.78, 5) is 12.1. The summed E-state index contributed by atoms with van der Waals surface area (Å²) in [6.45, 7) is 0.663. The number of carbonyl (C=O) groups excluding carboxylic acids is 1. The first-order chi connectivity index (χ1) is 14.1. The van der Waals surface area contributed by atoms with Gasteiger partial charge in [0.15, 0.2) is 0 Å². The van der Waals surface area contributed by atoms with Crippen LogP contribution in [0, 0.1) is 0 Å². The number of halogens is 1. The van der Waals surface area contributed by atoms with Gasteiger partial charge in [0.1, 0.15) is 6.61 Å². The summed E-state index contributed by atoms with van der Waals surface area (Å²) < 4.78 is 5.51. The van der Waals surface area contributed by atoms with Crippen molar-refractivity contribution in [3.8, 4) is 11.1 Å². The van der Waals surface area contributed by atoms with Crippen LogP contribution >= 0.6 is 11.6 Å². The van der Waals surface area contributed by atoms with E-state index in [1.54, 1.807) is 12.1 Å². The van der Waals surface area contributed by atoms with Gasteiger partial charge in [0, 0.05) is 12.5 Å². The maximum atomic E-state index is 12.1. The van der Waals surface area contributed by atoms with Crippen molar-refractivity contribution in [3.05, 3.63) is 94.5 Å². The monoisotopic (exact) mass is 404 g/mol. The van der Waals surface area contributed by atoms with E-state index in [0.717, 1.165) is 5.56 Å². The molecule has 3 aromatic carbocycles. The second-order valence-electron chi connectivity index (χ2n) is 6.89. The molecule has 0 aromatic heterocycles. The van der Waals surface area contributed by atoms with Gasteiger partial charge in [0.05, 0.1) is 10.7 Å². The number of fused-ring (bicyclic) bond motifs is 3. The SMILES string of the molecule is Nc1cc(C=CCNC(=O)OCC2c3ccccc3-c3ccccc32)ccc1Cl. The molecule has 3 N–H and O–H groups in total. The summed E-state index contributed by atoms with van der Waals surface area (Å²) in [5.41, 5.74) is 12.0. The third kappa shape index (κ3) is 4.13. The lowest BCUT2D eigenvalue weighted by molar-refractivity contribution is 0.144. The zero-order valence-electron chi connectivity index (χ0n) is 15.8. The topological polar surface area (TPSA) is 64.3 Å². The first-order valence-corrected chi connectivity index (χ1v) is 9.81. The highest BCUT2D eigenvalue weighted by atomic mass is 35.5. The van der Waals surface area contributed by atoms with E-state index in [1.807, 2.05) is 42.5 Å². The molecule has 4 rings (SSSR count). The maximum absolute atomic E-state index is 12.1. The van der Waals surface area contributed by atoms with Crippen LogP contribution in [0.2, 0.25) is 5.02 Å². The number of nitrogens with two attached hydrogens (primary N) is 1. The summed E-state index contributed by atoms with van der Waals surface area (Å²) in [5, 5.41) is 3.27. The Morgan fingerprint density at radius 3 is 2.34 bits per heavy atom. The van der Waals surface area contributed by atoms with Crippen LogP contribution < -0.4 is 11.1 Å². The highest BCUT2D eigenvalue weighted by Gasteiger charge is 2.28. The standard InChI is InChI=1S/C24H21ClN2O2/c25-22-12-11-16(14-23(22)26)6-5-13-27-24(28)29-15-21-19-9-3-1-7-17(19)18-8-2-4-10-20(18)21/h1-12,14,21H,13,15,26H2,(H,27,28). The molecule has 4 nitrogen and oxygen atoms in total. The first-order valence-electron chi connectivity index (χ1n) is 9.44. The number of anilines is 1. The molecule has 29 heavy (non-hydrogen) atoms. The van der Waals surface area contributed by atoms with E-state index < -0.39 is 6.09 Å². The highest BCUT2D eigenvalue weighted by Crippen LogP contribution is 2.44. The van der Waals surface area contributed by atoms with E-state index in [4.69, 9.17) is 22.1 Å². The number of nitrogens with one attached hydrogen (secondary N) is 1. The maximum Gasteiger partial charge on any atom is 0.407 e. The molecule has 0 spiro atoms. The molecular weight excluding hydrogens is 384 g/mol. The molecule has 0 heterocycles. The van der Waals surface area contributed by atoms with E-state index >= 15 is 0 Å². The van der Waals surface area contributed by atoms with E-state index in [2.05, 4.69) is 29.6 Å². The molecule has 0 fully saturated rings. The van der Waals surface area contributed by atoms with E-state index in [0.29, 0.717) is 23.9 Å². The molecule has 1 aliphatic carbocycles. The molecule has 0 radical (unpaired) electrons. The van der Waals surface area contributed by atoms with Crippen LogP contribution in [-0.2, 0) is 4.74 Å². The van der Waals surface area contributed by atoms with Crippen molar-refractivity contribution in [1.29, 1.82) is 0 Å². The number of alkyl carbamates (subject to hydrolysis) is 1. The number of benzene rings is 3. The Bertz CT molecular complexity index is 1030. The molecule has 0 bridgehead atoms. The number of hydrogen-bond acceptors (Lipinski definition) is 3. The Kier molecular flexibility index (Phi) is 5.54. The van der Waals surface area contributed by atoms with Crippen molar-refractivity contribution >= 4 is 29.5 Å². The second-order valence-corrected chi connectivity index (χ2v) is 7.30. The summed E-state index contributed by atoms with van der Waals surface area (Å²) in [7, 11) is 0. The van der Waals surface area contributed by atoms with E-state index in [9.17, 15) is 4.79 Å². The van der Waals surface area contributed by atoms with Crippen molar-refractivity contribution in [2.75, 3.05) is 18.9 Å². The number of carbonyl (C=O) groups is 1. The lowest BCUT2D eigenvalue weighted by Gasteiger charge is -2.14. The van der Waals surface area contributed by atoms with Crippen molar-refractivity contribution in [2.45, 2.75) is 5.92 Å². The number of nitrogen functional groups attached to an aromatic ring is 1. The van der Waals surface area contributed by atoms with Gasteiger partial charge in [-0.25, -0.2) is 4.79 Å². The van der Waals surface area contributed by atoms with Crippen LogP contribution in [-0.4, -0.2) is 19.2 Å². The number of ether oxygens (including phenoxy) is 1. The lowest BCUT2D eigenvalue weighted by Crippen LogP contribution is -2.26. The van der Waals surface area contributed by atoms with Gasteiger partial charge in [-0.15, -0.1) is 0 Å². The lowest BCUT2D eigenvalue weighted by atomic mass is 9.98. The second kappa shape index (κ2) is 8.41. The minimum Gasteiger partial charge on any atom is -0.449 e. The highest BCUT2D eigenvalue weighted by molar-refractivity contribution is 6.33. The fraction of sp³-hybridized carbons (Fsp3) is 0.125. The molecule has 1 aliphatic rings. The molecule has 0 unspecified atom stereocenters. The molecule has 0 atom stereocenters. The number of hydrogen-bond donors (Lipinski definition) is 2. The average Bonchev–Trinajstić information content (AvgIpc) is 3.06. The molecule has 0 aliphatic heterocycles. The molecule has 0 saturated carbocycles. The van der Waals surface area contributed by atoms with Crippen molar-refractivity contribution in [1.82, 2.24) is 5.32 Å². The minimum atomic E-state index is -0.438. The normalized spacial score (nSPS) is 12.6. The quantitative estimate of drug-likeness (QED) is 0.554. The van der Waals surface area contributed by atoms with E-state index in [-0.39, 0.29) is 5.92 Å². The van der Waals surface area contributed by atoms with Gasteiger partial charge in [-0.2, -0.15) is 0 Å². The van der Waals surface area contributed by atoms with E-state index in [1.165, 1.54) is 22.3 Å². The third-order valence-electron chi connectivity index (χ3n) is 5.04. The zero-order valence-corrected chi connectivity index (χ0v) is 16.5. The predicted molar refractivity (Wildman–Crippen MR) is 118 cm³/mol. The Morgan fingerprint density at radius 1 is 1.03 bits per heavy atom. The van der Waals surface area contributed by atoms with Crippen LogP contribution in [0.4, 0.5) is 10.5 Å². The summed E-state index contributed by atoms with van der Waals surface area (Å²) in [6.07, 6.45) is 3.27. The van der Waals surface area contributed by atoms with Crippen LogP contribution in [0.25, 0.3) is 17.2 Å². The van der Waals surface area contributed by atoms with Gasteiger partial charge in [-0.1, -0.05) is 78.4 Å². The third-order valence-corrected chi connectivity index (χ3v) is 5.38. The average molecular weight is 405 g/mol. The Balaban J connectivity index is 1.33. The van der Waals surface area contributed by atoms with Crippen molar-refractivity contribution in [3.63, 3.8) is 0 Å². The molecule has 1 amide bonds. The van der Waals surface area contributed by atoms with Crippen LogP contribution in [0.15, 0.2) is 72.8 Å². The van der Waals surface area contributed by atoms with Gasteiger partial charge in [0.2, 0.25) is 0 Å². The van der Waals surface area contributed by atoms with Crippen molar-refractivity contribution < 1.29 is 9.53 Å². The van der Waals surface area contributed by atoms with Gasteiger partial charge in [-0.05, 0) is 39.9 Å². The molecule has 0 saturated heterocycles. The van der Waals surface area contributed by atoms with Gasteiger partial charge in [0.25, 0.3) is 0 Å². The Labute approximate surface area is 175 Å². The smallest absolute Gasteiger partial charge is 0.407 e. The van der Waals surface area contributed by atoms with Gasteiger partial charge >= 0.3 is 6.09 Å². The van der Waals surface area contributed by atoms with Crippen LogP contribution in [0.5, 0.6) is 0 Å². The Morgan fingerprint density at radius 2 is 1.69 bits per heavy atom. The summed E-state index contributed by atoms with van der Waals surface area (Å²) in [6, 6.07) is 21.9. The zero-order chi connectivity index (χ0) is 20.2. The van der Waals surface area contributed by atoms with Gasteiger partial charge < -0.3 is 15.8 Å². The largest absolute Gasteiger partial charge is 0.449 e. The van der Waals surface area contributed by atoms with Crippen molar-refractivity contribution in [2.24, 2.45) is 0 Å². The molecule has 146 valence electrons. The first kappa shape index (κ1) is 19.1. The summed E-state index contributed by atoms with van der Waals surface area (Å²) in [5.74, 6) is 0.0562. The number of amides is 1. The van der Waals surface area contributed by atoms with Crippen LogP contribution in [0.1, 0.15) is 22.6 Å². The molecule has 3 aromatic rings. The number of rotatable bonds is 5. The van der Waals surface area contributed by atoms with Crippen LogP contribution in [0.3, 0.4) is 0 Å².